The third-order valence-corrected chi connectivity index (χ3v) is 7.90. The number of rotatable bonds is 8. The van der Waals surface area contributed by atoms with Gasteiger partial charge in [0.25, 0.3) is 0 Å². The first-order chi connectivity index (χ1) is 18.5. The summed E-state index contributed by atoms with van der Waals surface area (Å²) in [5, 5.41) is 51.1. The van der Waals surface area contributed by atoms with Crippen LogP contribution < -0.4 is 16.4 Å². The lowest BCUT2D eigenvalue weighted by Crippen LogP contribution is -2.76. The summed E-state index contributed by atoms with van der Waals surface area (Å²) in [7, 11) is 2.90. The number of ketones is 1. The van der Waals surface area contributed by atoms with Crippen molar-refractivity contribution in [3.63, 3.8) is 0 Å². The van der Waals surface area contributed by atoms with E-state index >= 15 is 0 Å². The molecule has 12 heteroatoms. The highest BCUT2D eigenvalue weighted by molar-refractivity contribution is 5.95. The van der Waals surface area contributed by atoms with Gasteiger partial charge in [-0.05, 0) is 51.5 Å². The van der Waals surface area contributed by atoms with Gasteiger partial charge in [-0.3, -0.25) is 4.79 Å². The Kier molecular flexibility index (Phi) is 8.51. The highest BCUT2D eigenvalue weighted by Gasteiger charge is 2.76. The standard InChI is InChI=1S/C28H38N4O8/c1-15-9-7-12-20(35)21(15)24(36)40-14-27(39)23(30-19-11-8-10-18(13-19)16(2)33)22(29)28(17(3)34,26(27,4)38)31-25(37)32(5)6/h7-13,17,22-23,30,34-35,38-39H,14,29H2,1-6H3,(H,31,37)/t17-,22?,23?,26?,27?,28?/m1/s1. The number of nitrogens with zero attached hydrogens (tertiary/aromatic N) is 1. The number of nitrogens with two attached hydrogens (primary N) is 1. The summed E-state index contributed by atoms with van der Waals surface area (Å²) in [6.45, 7) is 4.62. The zero-order valence-corrected chi connectivity index (χ0v) is 23.4. The van der Waals surface area contributed by atoms with Crippen molar-refractivity contribution < 1.29 is 39.5 Å². The van der Waals surface area contributed by atoms with E-state index in [4.69, 9.17) is 10.5 Å². The van der Waals surface area contributed by atoms with Gasteiger partial charge in [0.05, 0.1) is 18.2 Å². The van der Waals surface area contributed by atoms with Gasteiger partial charge in [-0.2, -0.15) is 0 Å². The summed E-state index contributed by atoms with van der Waals surface area (Å²) < 4.78 is 5.45. The number of Topliss-reactive ketones (excluding diaryl/α,β-unsaturated/α-hetero) is 1. The minimum Gasteiger partial charge on any atom is -0.507 e. The van der Waals surface area contributed by atoms with Crippen molar-refractivity contribution in [1.29, 1.82) is 0 Å². The van der Waals surface area contributed by atoms with Crippen molar-refractivity contribution in [3.8, 4) is 5.75 Å². The predicted molar refractivity (Wildman–Crippen MR) is 147 cm³/mol. The number of nitrogens with one attached hydrogen (secondary N) is 2. The van der Waals surface area contributed by atoms with Gasteiger partial charge in [-0.15, -0.1) is 0 Å². The average Bonchev–Trinajstić information content (AvgIpc) is 2.99. The van der Waals surface area contributed by atoms with Gasteiger partial charge >= 0.3 is 12.0 Å². The molecule has 1 saturated carbocycles. The number of carbonyl (C=O) groups is 3. The van der Waals surface area contributed by atoms with E-state index in [1.807, 2.05) is 0 Å². The Bertz CT molecular complexity index is 1280. The van der Waals surface area contributed by atoms with Gasteiger partial charge in [0.2, 0.25) is 0 Å². The fraction of sp³-hybridized carbons (Fsp3) is 0.464. The van der Waals surface area contributed by atoms with Crippen LogP contribution in [0.4, 0.5) is 10.5 Å². The SMILES string of the molecule is CC(=O)c1cccc(NC2C(N)C(NC(=O)N(C)C)([C@@H](C)O)C(C)(O)C2(O)COC(=O)c2c(C)cccc2O)c1. The van der Waals surface area contributed by atoms with Gasteiger partial charge in [0.15, 0.2) is 11.4 Å². The van der Waals surface area contributed by atoms with Gasteiger partial charge in [-0.25, -0.2) is 9.59 Å². The molecule has 2 aromatic carbocycles. The largest absolute Gasteiger partial charge is 0.507 e. The second-order valence-corrected chi connectivity index (χ2v) is 10.7. The second-order valence-electron chi connectivity index (χ2n) is 10.7. The Balaban J connectivity index is 2.13. The first kappa shape index (κ1) is 30.8. The van der Waals surface area contributed by atoms with Crippen LogP contribution >= 0.6 is 0 Å². The van der Waals surface area contributed by atoms with Crippen molar-refractivity contribution in [2.24, 2.45) is 5.73 Å². The van der Waals surface area contributed by atoms with E-state index < -0.39 is 53.5 Å². The first-order valence-corrected chi connectivity index (χ1v) is 12.7. The fourth-order valence-corrected chi connectivity index (χ4v) is 5.44. The van der Waals surface area contributed by atoms with E-state index in [1.165, 1.54) is 51.9 Å². The Morgan fingerprint density at radius 3 is 2.33 bits per heavy atom. The average molecular weight is 559 g/mol. The molecule has 8 N–H and O–H groups in total. The van der Waals surface area contributed by atoms with Crippen molar-refractivity contribution in [2.75, 3.05) is 26.0 Å². The molecule has 40 heavy (non-hydrogen) atoms. The summed E-state index contributed by atoms with van der Waals surface area (Å²) >= 11 is 0. The molecule has 0 saturated heterocycles. The maximum absolute atomic E-state index is 13.0. The molecule has 1 aliphatic rings. The molecule has 0 bridgehead atoms. The lowest BCUT2D eigenvalue weighted by Gasteiger charge is -2.48. The number of phenolic OH excluding ortho intramolecular Hbond substituents is 1. The molecule has 0 spiro atoms. The molecule has 2 amide bonds. The lowest BCUT2D eigenvalue weighted by molar-refractivity contribution is -0.186. The molecular formula is C28H38N4O8. The zero-order valence-electron chi connectivity index (χ0n) is 23.4. The number of anilines is 1. The molecule has 1 aliphatic carbocycles. The maximum atomic E-state index is 13.0. The number of aromatic hydroxyl groups is 1. The van der Waals surface area contributed by atoms with E-state index in [1.54, 1.807) is 37.3 Å². The van der Waals surface area contributed by atoms with Crippen LogP contribution in [0.25, 0.3) is 0 Å². The summed E-state index contributed by atoms with van der Waals surface area (Å²) in [6.07, 6.45) is -1.51. The third-order valence-electron chi connectivity index (χ3n) is 7.90. The molecular weight excluding hydrogens is 520 g/mol. The number of esters is 1. The van der Waals surface area contributed by atoms with E-state index in [2.05, 4.69) is 10.6 Å². The van der Waals surface area contributed by atoms with E-state index in [9.17, 15) is 34.8 Å². The monoisotopic (exact) mass is 558 g/mol. The molecule has 6 atom stereocenters. The van der Waals surface area contributed by atoms with Gasteiger partial charge < -0.3 is 46.4 Å². The molecule has 0 aliphatic heterocycles. The number of ether oxygens (including phenoxy) is 1. The molecule has 5 unspecified atom stereocenters. The molecule has 3 rings (SSSR count). The number of hydrogen-bond donors (Lipinski definition) is 7. The van der Waals surface area contributed by atoms with Crippen LogP contribution in [0.3, 0.4) is 0 Å². The Morgan fingerprint density at radius 1 is 1.15 bits per heavy atom. The Morgan fingerprint density at radius 2 is 1.77 bits per heavy atom. The number of carbonyl (C=O) groups excluding carboxylic acids is 3. The fourth-order valence-electron chi connectivity index (χ4n) is 5.44. The van der Waals surface area contributed by atoms with Crippen molar-refractivity contribution in [3.05, 3.63) is 59.2 Å². The smallest absolute Gasteiger partial charge is 0.342 e. The van der Waals surface area contributed by atoms with Crippen molar-refractivity contribution in [2.45, 2.75) is 62.6 Å². The summed E-state index contributed by atoms with van der Waals surface area (Å²) in [4.78, 5) is 39.0. The third kappa shape index (κ3) is 4.99. The minimum absolute atomic E-state index is 0.130. The van der Waals surface area contributed by atoms with Crippen LogP contribution in [-0.4, -0.2) is 98.7 Å². The number of phenols is 1. The number of benzene rings is 2. The molecule has 12 nitrogen and oxygen atoms in total. The molecule has 1 fully saturated rings. The first-order valence-electron chi connectivity index (χ1n) is 12.7. The van der Waals surface area contributed by atoms with Crippen LogP contribution in [0.1, 0.15) is 47.1 Å². The molecule has 0 aromatic heterocycles. The molecule has 218 valence electrons. The molecule has 0 heterocycles. The van der Waals surface area contributed by atoms with E-state index in [0.717, 1.165) is 0 Å². The summed E-state index contributed by atoms with van der Waals surface area (Å²) in [5.74, 6) is -1.53. The molecule has 0 radical (unpaired) electrons. The van der Waals surface area contributed by atoms with Crippen LogP contribution in [0, 0.1) is 6.92 Å². The Hall–Kier alpha value is -3.71. The normalized spacial score (nSPS) is 28.4. The summed E-state index contributed by atoms with van der Waals surface area (Å²) in [5.41, 5.74) is 0.728. The van der Waals surface area contributed by atoms with E-state index in [0.29, 0.717) is 16.8 Å². The summed E-state index contributed by atoms with van der Waals surface area (Å²) in [6, 6.07) is 7.34. The minimum atomic E-state index is -2.43. The van der Waals surface area contributed by atoms with Gasteiger partial charge in [-0.1, -0.05) is 24.3 Å². The van der Waals surface area contributed by atoms with Crippen molar-refractivity contribution in [1.82, 2.24) is 10.2 Å². The van der Waals surface area contributed by atoms with Crippen molar-refractivity contribution >= 4 is 23.5 Å². The predicted octanol–water partition coefficient (Wildman–Crippen LogP) is 0.755. The Labute approximate surface area is 232 Å². The number of amides is 2. The highest BCUT2D eigenvalue weighted by atomic mass is 16.5. The topological polar surface area (TPSA) is 195 Å². The van der Waals surface area contributed by atoms with Crippen LogP contribution in [0.2, 0.25) is 0 Å². The molecule has 2 aromatic rings. The number of aliphatic hydroxyl groups is 3. The second kappa shape index (κ2) is 11.0. The zero-order chi connectivity index (χ0) is 30.2. The van der Waals surface area contributed by atoms with Gasteiger partial charge in [0.1, 0.15) is 29.1 Å². The van der Waals surface area contributed by atoms with Crippen LogP contribution in [-0.2, 0) is 4.74 Å². The quantitative estimate of drug-likeness (QED) is 0.179. The van der Waals surface area contributed by atoms with Crippen LogP contribution in [0.5, 0.6) is 5.75 Å². The number of aryl methyl sites for hydroxylation is 1. The number of hydrogen-bond acceptors (Lipinski definition) is 10. The number of urea groups is 1. The maximum Gasteiger partial charge on any atom is 0.342 e. The lowest BCUT2D eigenvalue weighted by atomic mass is 9.73. The number of aliphatic hydroxyl groups excluding tert-OH is 1. The van der Waals surface area contributed by atoms with Gasteiger partial charge in [0, 0.05) is 25.3 Å². The van der Waals surface area contributed by atoms with Crippen LogP contribution in [0.15, 0.2) is 42.5 Å². The van der Waals surface area contributed by atoms with E-state index in [-0.39, 0.29) is 17.1 Å². The highest BCUT2D eigenvalue weighted by Crippen LogP contribution is 2.49.